The second-order valence-corrected chi connectivity index (χ2v) is 7.39. The zero-order chi connectivity index (χ0) is 17.5. The van der Waals surface area contributed by atoms with Gasteiger partial charge in [-0.1, -0.05) is 11.6 Å². The first-order chi connectivity index (χ1) is 10.7. The first kappa shape index (κ1) is 19.6. The number of hydrogen-bond donors (Lipinski definition) is 2. The summed E-state index contributed by atoms with van der Waals surface area (Å²) in [6.07, 6.45) is 1.19. The van der Waals surface area contributed by atoms with Crippen LogP contribution in [0.15, 0.2) is 18.3 Å². The number of alkyl carbamates (subject to hydrolysis) is 1. The van der Waals surface area contributed by atoms with E-state index in [1.807, 2.05) is 0 Å². The Hall–Kier alpha value is -1.47. The van der Waals surface area contributed by atoms with Crippen molar-refractivity contribution in [1.29, 1.82) is 0 Å². The number of rotatable bonds is 7. The number of ether oxygens (including phenoxy) is 1. The van der Waals surface area contributed by atoms with Crippen molar-refractivity contribution >= 4 is 35.4 Å². The number of hydrogen-bond acceptors (Lipinski definition) is 5. The Bertz CT molecular complexity index is 549. The maximum atomic E-state index is 11.6. The van der Waals surface area contributed by atoms with Crippen LogP contribution in [0.4, 0.5) is 4.79 Å². The van der Waals surface area contributed by atoms with Gasteiger partial charge in [-0.15, -0.1) is 0 Å². The molecule has 0 saturated carbocycles. The smallest absolute Gasteiger partial charge is 0.408 e. The lowest BCUT2D eigenvalue weighted by Crippen LogP contribution is -2.43. The maximum Gasteiger partial charge on any atom is 0.408 e. The van der Waals surface area contributed by atoms with E-state index in [1.54, 1.807) is 39.1 Å². The van der Waals surface area contributed by atoms with Crippen LogP contribution in [-0.4, -0.2) is 39.5 Å². The van der Waals surface area contributed by atoms with E-state index in [9.17, 15) is 9.59 Å². The van der Waals surface area contributed by atoms with Crippen molar-refractivity contribution in [2.45, 2.75) is 44.6 Å². The van der Waals surface area contributed by atoms with Crippen molar-refractivity contribution in [3.05, 3.63) is 29.0 Å². The molecule has 0 saturated heterocycles. The molecule has 0 radical (unpaired) electrons. The van der Waals surface area contributed by atoms with Crippen molar-refractivity contribution in [2.75, 3.05) is 5.75 Å². The van der Waals surface area contributed by atoms with Crippen LogP contribution in [0.3, 0.4) is 0 Å². The van der Waals surface area contributed by atoms with Gasteiger partial charge in [0.05, 0.1) is 5.69 Å². The van der Waals surface area contributed by atoms with Crippen LogP contribution < -0.4 is 5.32 Å². The van der Waals surface area contributed by atoms with Gasteiger partial charge in [0, 0.05) is 17.0 Å². The van der Waals surface area contributed by atoms with E-state index < -0.39 is 23.7 Å². The maximum absolute atomic E-state index is 11.6. The Kier molecular flexibility index (Phi) is 7.64. The summed E-state index contributed by atoms with van der Waals surface area (Å²) in [4.78, 5) is 27.0. The molecule has 0 aliphatic heterocycles. The number of aromatic nitrogens is 1. The van der Waals surface area contributed by atoms with Crippen LogP contribution in [0.2, 0.25) is 5.02 Å². The number of carbonyl (C=O) groups excluding carboxylic acids is 1. The molecule has 6 nitrogen and oxygen atoms in total. The van der Waals surface area contributed by atoms with Crippen LogP contribution in [0, 0.1) is 0 Å². The quantitative estimate of drug-likeness (QED) is 0.725. The summed E-state index contributed by atoms with van der Waals surface area (Å²) in [5.41, 5.74) is 0.162. The number of carbonyl (C=O) groups is 2. The fourth-order valence-corrected chi connectivity index (χ4v) is 2.71. The molecule has 1 heterocycles. The van der Waals surface area contributed by atoms with Crippen LogP contribution in [0.1, 0.15) is 32.9 Å². The highest BCUT2D eigenvalue weighted by molar-refractivity contribution is 7.98. The number of carboxylic acid groups (broad SMARTS) is 1. The molecule has 0 aliphatic carbocycles. The van der Waals surface area contributed by atoms with Crippen molar-refractivity contribution < 1.29 is 19.4 Å². The number of halogens is 1. The van der Waals surface area contributed by atoms with E-state index in [2.05, 4.69) is 10.3 Å². The average Bonchev–Trinajstić information content (AvgIpc) is 2.40. The van der Waals surface area contributed by atoms with Gasteiger partial charge < -0.3 is 15.2 Å². The summed E-state index contributed by atoms with van der Waals surface area (Å²) in [7, 11) is 0. The summed E-state index contributed by atoms with van der Waals surface area (Å²) in [5, 5.41) is 12.2. The fourth-order valence-electron chi connectivity index (χ4n) is 1.61. The van der Waals surface area contributed by atoms with Gasteiger partial charge >= 0.3 is 12.1 Å². The lowest BCUT2D eigenvalue weighted by atomic mass is 10.2. The van der Waals surface area contributed by atoms with E-state index in [0.29, 0.717) is 22.9 Å². The van der Waals surface area contributed by atoms with Crippen LogP contribution in [0.25, 0.3) is 0 Å². The number of pyridine rings is 1. The molecule has 128 valence electrons. The highest BCUT2D eigenvalue weighted by Gasteiger charge is 2.23. The number of nitrogens with zero attached hydrogens (tertiary/aromatic N) is 1. The first-order valence-corrected chi connectivity index (χ1v) is 8.61. The molecule has 0 spiro atoms. The van der Waals surface area contributed by atoms with E-state index in [-0.39, 0.29) is 0 Å². The van der Waals surface area contributed by atoms with Crippen molar-refractivity contribution in [3.8, 4) is 0 Å². The van der Waals surface area contributed by atoms with Gasteiger partial charge in [0.2, 0.25) is 0 Å². The minimum atomic E-state index is -1.09. The van der Waals surface area contributed by atoms with Gasteiger partial charge in [0.25, 0.3) is 0 Å². The van der Waals surface area contributed by atoms with Crippen LogP contribution in [0.5, 0.6) is 0 Å². The van der Waals surface area contributed by atoms with Crippen molar-refractivity contribution in [2.24, 2.45) is 0 Å². The van der Waals surface area contributed by atoms with Crippen LogP contribution in [-0.2, 0) is 15.3 Å². The largest absolute Gasteiger partial charge is 0.480 e. The number of aliphatic carboxylic acids is 1. The van der Waals surface area contributed by atoms with Crippen LogP contribution >= 0.6 is 23.4 Å². The number of thioether (sulfide) groups is 1. The van der Waals surface area contributed by atoms with Gasteiger partial charge in [-0.2, -0.15) is 11.8 Å². The number of amides is 1. The lowest BCUT2D eigenvalue weighted by molar-refractivity contribution is -0.139. The molecular formula is C15H21ClN2O4S. The van der Waals surface area contributed by atoms with Gasteiger partial charge in [-0.05, 0) is 45.1 Å². The third-order valence-corrected chi connectivity index (χ3v) is 3.83. The molecular weight excluding hydrogens is 340 g/mol. The Labute approximate surface area is 145 Å². The summed E-state index contributed by atoms with van der Waals surface area (Å²) in [5.74, 6) is 0.0951. The second kappa shape index (κ2) is 8.98. The summed E-state index contributed by atoms with van der Waals surface area (Å²) >= 11 is 7.40. The highest BCUT2D eigenvalue weighted by Crippen LogP contribution is 2.16. The predicted molar refractivity (Wildman–Crippen MR) is 90.8 cm³/mol. The summed E-state index contributed by atoms with van der Waals surface area (Å²) < 4.78 is 5.06. The second-order valence-electron chi connectivity index (χ2n) is 5.84. The van der Waals surface area contributed by atoms with E-state index in [1.165, 1.54) is 11.8 Å². The SMILES string of the molecule is CC(C)(C)OC(=O)NC(CCSCc1cc(Cl)ccn1)C(=O)O. The lowest BCUT2D eigenvalue weighted by Gasteiger charge is -2.21. The van der Waals surface area contributed by atoms with Gasteiger partial charge in [-0.3, -0.25) is 4.98 Å². The average molecular weight is 361 g/mol. The number of nitrogens with one attached hydrogen (secondary N) is 1. The predicted octanol–water partition coefficient (Wildman–Crippen LogP) is 3.34. The molecule has 0 fully saturated rings. The standard InChI is InChI=1S/C15H21ClN2O4S/c1-15(2,3)22-14(21)18-12(13(19)20)5-7-23-9-11-8-10(16)4-6-17-11/h4,6,8,12H,5,7,9H2,1-3H3,(H,18,21)(H,19,20). The molecule has 0 aliphatic rings. The summed E-state index contributed by atoms with van der Waals surface area (Å²) in [6, 6.07) is 2.48. The zero-order valence-corrected chi connectivity index (χ0v) is 14.9. The summed E-state index contributed by atoms with van der Waals surface area (Å²) in [6.45, 7) is 5.16. The monoisotopic (exact) mass is 360 g/mol. The molecule has 1 amide bonds. The Morgan fingerprint density at radius 1 is 1.48 bits per heavy atom. The topological polar surface area (TPSA) is 88.5 Å². The molecule has 2 N–H and O–H groups in total. The zero-order valence-electron chi connectivity index (χ0n) is 13.3. The minimum absolute atomic E-state index is 0.291. The molecule has 0 aromatic carbocycles. The molecule has 1 aromatic rings. The highest BCUT2D eigenvalue weighted by atomic mass is 35.5. The molecule has 1 rings (SSSR count). The van der Waals surface area contributed by atoms with E-state index >= 15 is 0 Å². The Morgan fingerprint density at radius 3 is 2.74 bits per heavy atom. The molecule has 0 bridgehead atoms. The van der Waals surface area contributed by atoms with Gasteiger partial charge in [0.15, 0.2) is 0 Å². The Morgan fingerprint density at radius 2 is 2.17 bits per heavy atom. The fraction of sp³-hybridized carbons (Fsp3) is 0.533. The van der Waals surface area contributed by atoms with E-state index in [4.69, 9.17) is 21.4 Å². The molecule has 1 atom stereocenters. The molecule has 1 aromatic heterocycles. The van der Waals surface area contributed by atoms with Crippen molar-refractivity contribution in [1.82, 2.24) is 10.3 Å². The number of carboxylic acids is 1. The first-order valence-electron chi connectivity index (χ1n) is 7.08. The molecule has 8 heteroatoms. The molecule has 23 heavy (non-hydrogen) atoms. The normalized spacial score (nSPS) is 12.5. The minimum Gasteiger partial charge on any atom is -0.480 e. The van der Waals surface area contributed by atoms with Gasteiger partial charge in [0.1, 0.15) is 11.6 Å². The van der Waals surface area contributed by atoms with Crippen molar-refractivity contribution in [3.63, 3.8) is 0 Å². The third kappa shape index (κ3) is 8.66. The third-order valence-electron chi connectivity index (χ3n) is 2.57. The van der Waals surface area contributed by atoms with Gasteiger partial charge in [-0.25, -0.2) is 9.59 Å². The molecule has 1 unspecified atom stereocenters. The Balaban J connectivity index is 2.39. The van der Waals surface area contributed by atoms with E-state index in [0.717, 1.165) is 5.69 Å².